The van der Waals surface area contributed by atoms with Gasteiger partial charge in [-0.15, -0.1) is 0 Å². The molecule has 4 nitrogen and oxygen atoms in total. The number of carbonyl (C=O) groups excluding carboxylic acids is 1. The maximum Gasteiger partial charge on any atom is 0.407 e. The van der Waals surface area contributed by atoms with Gasteiger partial charge in [-0.05, 0) is 25.7 Å². The van der Waals surface area contributed by atoms with Crippen LogP contribution in [0.4, 0.5) is 4.79 Å². The van der Waals surface area contributed by atoms with E-state index < -0.39 is 0 Å². The van der Waals surface area contributed by atoms with E-state index in [0.29, 0.717) is 25.5 Å². The zero-order chi connectivity index (χ0) is 11.0. The number of carbonyl (C=O) groups is 1. The molecule has 1 atom stereocenters. The Labute approximate surface area is 85.6 Å². The first-order chi connectivity index (χ1) is 6.52. The number of hydrogen-bond donors (Lipinski definition) is 2. The molecule has 0 rings (SSSR count). The molecule has 1 amide bonds. The lowest BCUT2D eigenvalue weighted by atomic mass is 10.2. The van der Waals surface area contributed by atoms with E-state index in [1.165, 1.54) is 0 Å². The van der Waals surface area contributed by atoms with Gasteiger partial charge in [0.25, 0.3) is 0 Å². The molecule has 14 heavy (non-hydrogen) atoms. The highest BCUT2D eigenvalue weighted by molar-refractivity contribution is 5.66. The van der Waals surface area contributed by atoms with Crippen molar-refractivity contribution in [1.29, 1.82) is 0 Å². The van der Waals surface area contributed by atoms with Crippen molar-refractivity contribution in [1.82, 2.24) is 5.32 Å². The summed E-state index contributed by atoms with van der Waals surface area (Å²) in [5, 5.41) is 11.6. The van der Waals surface area contributed by atoms with E-state index in [2.05, 4.69) is 5.32 Å². The fourth-order valence-electron chi connectivity index (χ4n) is 0.881. The first kappa shape index (κ1) is 13.2. The molecule has 0 bridgehead atoms. The Hall–Kier alpha value is -0.770. The molecular formula is C10H21NO3. The fourth-order valence-corrected chi connectivity index (χ4v) is 0.881. The standard InChI is InChI=1S/C10H21NO3/c1-8(2)7-14-10(13)11-6-4-5-9(3)12/h8-9,12H,4-7H2,1-3H3,(H,11,13). The molecule has 0 saturated carbocycles. The van der Waals surface area contributed by atoms with Crippen LogP contribution in [0.5, 0.6) is 0 Å². The third kappa shape index (κ3) is 9.32. The highest BCUT2D eigenvalue weighted by atomic mass is 16.5. The summed E-state index contributed by atoms with van der Waals surface area (Å²) in [6, 6.07) is 0. The smallest absolute Gasteiger partial charge is 0.407 e. The van der Waals surface area contributed by atoms with Crippen LogP contribution in [0.25, 0.3) is 0 Å². The quantitative estimate of drug-likeness (QED) is 0.644. The molecule has 0 aromatic carbocycles. The molecule has 0 fully saturated rings. The number of aliphatic hydroxyl groups is 1. The molecule has 0 radical (unpaired) electrons. The van der Waals surface area contributed by atoms with E-state index >= 15 is 0 Å². The van der Waals surface area contributed by atoms with Crippen molar-refractivity contribution in [2.24, 2.45) is 5.92 Å². The highest BCUT2D eigenvalue weighted by Gasteiger charge is 2.02. The topological polar surface area (TPSA) is 58.6 Å². The highest BCUT2D eigenvalue weighted by Crippen LogP contribution is 1.95. The molecular weight excluding hydrogens is 182 g/mol. The van der Waals surface area contributed by atoms with Gasteiger partial charge < -0.3 is 15.2 Å². The number of rotatable bonds is 6. The van der Waals surface area contributed by atoms with Crippen LogP contribution < -0.4 is 5.32 Å². The average Bonchev–Trinajstić information content (AvgIpc) is 2.08. The van der Waals surface area contributed by atoms with Gasteiger partial charge in [0.15, 0.2) is 0 Å². The van der Waals surface area contributed by atoms with E-state index in [9.17, 15) is 4.79 Å². The fraction of sp³-hybridized carbons (Fsp3) is 0.900. The third-order valence-corrected chi connectivity index (χ3v) is 1.62. The number of aliphatic hydroxyl groups excluding tert-OH is 1. The molecule has 0 aliphatic carbocycles. The summed E-state index contributed by atoms with van der Waals surface area (Å²) >= 11 is 0. The summed E-state index contributed by atoms with van der Waals surface area (Å²) in [6.07, 6.45) is 0.798. The van der Waals surface area contributed by atoms with Crippen molar-refractivity contribution in [2.75, 3.05) is 13.2 Å². The lowest BCUT2D eigenvalue weighted by Crippen LogP contribution is -2.27. The number of ether oxygens (including phenoxy) is 1. The molecule has 0 heterocycles. The van der Waals surface area contributed by atoms with Crippen molar-refractivity contribution >= 4 is 6.09 Å². The summed E-state index contributed by atoms with van der Waals surface area (Å²) in [6.45, 7) is 6.71. The lowest BCUT2D eigenvalue weighted by Gasteiger charge is -2.09. The molecule has 0 aromatic heterocycles. The van der Waals surface area contributed by atoms with Crippen LogP contribution in [0, 0.1) is 5.92 Å². The van der Waals surface area contributed by atoms with Gasteiger partial charge in [0.1, 0.15) is 0 Å². The second kappa shape index (κ2) is 7.62. The maximum atomic E-state index is 11.0. The van der Waals surface area contributed by atoms with E-state index in [1.807, 2.05) is 13.8 Å². The van der Waals surface area contributed by atoms with Gasteiger partial charge in [0, 0.05) is 6.54 Å². The molecule has 0 aromatic rings. The lowest BCUT2D eigenvalue weighted by molar-refractivity contribution is 0.131. The minimum atomic E-state index is -0.371. The summed E-state index contributed by atoms with van der Waals surface area (Å²) < 4.78 is 4.90. The Morgan fingerprint density at radius 1 is 1.43 bits per heavy atom. The van der Waals surface area contributed by atoms with Crippen LogP contribution in [0.1, 0.15) is 33.6 Å². The van der Waals surface area contributed by atoms with Crippen LogP contribution in [0.2, 0.25) is 0 Å². The first-order valence-corrected chi connectivity index (χ1v) is 5.11. The van der Waals surface area contributed by atoms with E-state index in [4.69, 9.17) is 9.84 Å². The molecule has 2 N–H and O–H groups in total. The zero-order valence-electron chi connectivity index (χ0n) is 9.25. The van der Waals surface area contributed by atoms with Gasteiger partial charge in [0.05, 0.1) is 12.7 Å². The van der Waals surface area contributed by atoms with Crippen LogP contribution in [0.15, 0.2) is 0 Å². The summed E-state index contributed by atoms with van der Waals surface area (Å²) in [7, 11) is 0. The molecule has 0 saturated heterocycles. The average molecular weight is 203 g/mol. The van der Waals surface area contributed by atoms with Gasteiger partial charge in [0.2, 0.25) is 0 Å². The number of nitrogens with one attached hydrogen (secondary N) is 1. The Kier molecular flexibility index (Phi) is 7.20. The van der Waals surface area contributed by atoms with Crippen molar-refractivity contribution < 1.29 is 14.6 Å². The first-order valence-electron chi connectivity index (χ1n) is 5.11. The minimum absolute atomic E-state index is 0.302. The largest absolute Gasteiger partial charge is 0.449 e. The minimum Gasteiger partial charge on any atom is -0.449 e. The Bertz CT molecular complexity index is 157. The van der Waals surface area contributed by atoms with Crippen molar-refractivity contribution in [3.05, 3.63) is 0 Å². The number of amides is 1. The van der Waals surface area contributed by atoms with E-state index in [0.717, 1.165) is 6.42 Å². The second-order valence-electron chi connectivity index (χ2n) is 3.91. The maximum absolute atomic E-state index is 11.0. The van der Waals surface area contributed by atoms with Gasteiger partial charge in [-0.25, -0.2) is 4.79 Å². The molecule has 0 spiro atoms. The normalized spacial score (nSPS) is 12.6. The van der Waals surface area contributed by atoms with Crippen molar-refractivity contribution in [3.8, 4) is 0 Å². The Morgan fingerprint density at radius 2 is 2.07 bits per heavy atom. The Morgan fingerprint density at radius 3 is 2.57 bits per heavy atom. The SMILES string of the molecule is CC(C)COC(=O)NCCCC(C)O. The summed E-state index contributed by atoms with van der Waals surface area (Å²) in [4.78, 5) is 11.0. The van der Waals surface area contributed by atoms with Crippen LogP contribution in [0.3, 0.4) is 0 Å². The van der Waals surface area contributed by atoms with E-state index in [-0.39, 0.29) is 12.2 Å². The Balaban J connectivity index is 3.27. The molecule has 4 heteroatoms. The van der Waals surface area contributed by atoms with Crippen LogP contribution in [-0.4, -0.2) is 30.5 Å². The monoisotopic (exact) mass is 203 g/mol. The second-order valence-corrected chi connectivity index (χ2v) is 3.91. The zero-order valence-corrected chi connectivity index (χ0v) is 9.25. The van der Waals surface area contributed by atoms with E-state index in [1.54, 1.807) is 6.92 Å². The van der Waals surface area contributed by atoms with Crippen LogP contribution >= 0.6 is 0 Å². The predicted octanol–water partition coefficient (Wildman–Crippen LogP) is 1.53. The molecule has 0 aliphatic rings. The molecule has 1 unspecified atom stereocenters. The molecule has 84 valence electrons. The summed E-state index contributed by atoms with van der Waals surface area (Å²) in [5.41, 5.74) is 0. The van der Waals surface area contributed by atoms with Crippen molar-refractivity contribution in [3.63, 3.8) is 0 Å². The number of alkyl carbamates (subject to hydrolysis) is 1. The number of hydrogen-bond acceptors (Lipinski definition) is 3. The summed E-state index contributed by atoms with van der Waals surface area (Å²) in [5.74, 6) is 0.359. The van der Waals surface area contributed by atoms with Gasteiger partial charge in [-0.1, -0.05) is 13.8 Å². The van der Waals surface area contributed by atoms with Gasteiger partial charge in [-0.3, -0.25) is 0 Å². The van der Waals surface area contributed by atoms with Crippen LogP contribution in [-0.2, 0) is 4.74 Å². The van der Waals surface area contributed by atoms with Crippen molar-refractivity contribution in [2.45, 2.75) is 39.7 Å². The van der Waals surface area contributed by atoms with Gasteiger partial charge >= 0.3 is 6.09 Å². The predicted molar refractivity (Wildman–Crippen MR) is 55.1 cm³/mol. The van der Waals surface area contributed by atoms with Gasteiger partial charge in [-0.2, -0.15) is 0 Å². The third-order valence-electron chi connectivity index (χ3n) is 1.62. The molecule has 0 aliphatic heterocycles.